The van der Waals surface area contributed by atoms with Crippen molar-refractivity contribution in [1.82, 2.24) is 15.0 Å². The van der Waals surface area contributed by atoms with Gasteiger partial charge < -0.3 is 0 Å². The molecule has 12 aromatic carbocycles. The van der Waals surface area contributed by atoms with E-state index in [4.69, 9.17) is 15.0 Å². The van der Waals surface area contributed by atoms with Crippen molar-refractivity contribution in [3.63, 3.8) is 0 Å². The molecule has 1 heterocycles. The van der Waals surface area contributed by atoms with Crippen LogP contribution in [0, 0.1) is 0 Å². The van der Waals surface area contributed by atoms with Gasteiger partial charge >= 0.3 is 0 Å². The summed E-state index contributed by atoms with van der Waals surface area (Å²) in [6.45, 7) is 0. The zero-order valence-corrected chi connectivity index (χ0v) is 33.9. The molecule has 1 spiro atoms. The standard InChI is InChI=1S/C60H33N3/c1-4-16-49-41(13-1)42-14-2-5-17-50(42)60(49)51-18-6-3-15-43(51)44-28-27-40(33-52(44)60)57-61-58(47-31-25-38-21-19-34-9-7-11-36-23-29-45(47)55(38)53(34)36)63-59(62-57)48-32-26-39-22-20-35-10-8-12-37-24-30-46(48)56(39)54(35)37/h1-33H. The third kappa shape index (κ3) is 4.26. The number of rotatable bonds is 3. The molecule has 0 fully saturated rings. The van der Waals surface area contributed by atoms with Crippen LogP contribution in [0.3, 0.4) is 0 Å². The lowest BCUT2D eigenvalue weighted by atomic mass is 9.70. The molecule has 3 heteroatoms. The molecule has 0 radical (unpaired) electrons. The van der Waals surface area contributed by atoms with E-state index in [0.29, 0.717) is 17.5 Å². The van der Waals surface area contributed by atoms with Crippen LogP contribution in [0.25, 0.3) is 121 Å². The van der Waals surface area contributed by atoms with E-state index in [2.05, 4.69) is 200 Å². The molecule has 1 aromatic heterocycles. The van der Waals surface area contributed by atoms with Crippen LogP contribution in [-0.4, -0.2) is 15.0 Å². The number of fused-ring (bicyclic) bond motifs is 10. The normalized spacial score (nSPS) is 13.5. The van der Waals surface area contributed by atoms with Crippen LogP contribution in [0.2, 0.25) is 0 Å². The lowest BCUT2D eigenvalue weighted by Gasteiger charge is -2.30. The monoisotopic (exact) mass is 795 g/mol. The summed E-state index contributed by atoms with van der Waals surface area (Å²) in [6.07, 6.45) is 0. The second-order valence-electron chi connectivity index (χ2n) is 17.4. The summed E-state index contributed by atoms with van der Waals surface area (Å²) in [5, 5.41) is 14.7. The Balaban J connectivity index is 1.02. The van der Waals surface area contributed by atoms with Crippen LogP contribution in [0.15, 0.2) is 200 Å². The van der Waals surface area contributed by atoms with E-state index >= 15 is 0 Å². The summed E-state index contributed by atoms with van der Waals surface area (Å²) in [5.41, 5.74) is 12.7. The SMILES string of the molecule is c1ccc2c(c1)-c1ccccc1C21c2ccccc2-c2ccc(-c3nc(-c4ccc5ccc6cccc7ccc4c5c67)nc(-c4ccc5ccc6cccc7ccc4c5c67)n3)cc21. The summed E-state index contributed by atoms with van der Waals surface area (Å²) in [5.74, 6) is 1.97. The van der Waals surface area contributed by atoms with Crippen molar-refractivity contribution in [1.29, 1.82) is 0 Å². The van der Waals surface area contributed by atoms with E-state index < -0.39 is 5.41 Å². The molecule has 0 bridgehead atoms. The summed E-state index contributed by atoms with van der Waals surface area (Å²) in [6, 6.07) is 73.7. The van der Waals surface area contributed by atoms with E-state index in [1.165, 1.54) is 98.4 Å². The Hall–Kier alpha value is -8.27. The maximum absolute atomic E-state index is 5.50. The fraction of sp³-hybridized carbons (Fsp3) is 0.0167. The Morgan fingerprint density at radius 3 is 1.10 bits per heavy atom. The van der Waals surface area contributed by atoms with Crippen molar-refractivity contribution in [2.75, 3.05) is 0 Å². The minimum Gasteiger partial charge on any atom is -0.208 e. The minimum atomic E-state index is -0.480. The van der Waals surface area contributed by atoms with Crippen LogP contribution >= 0.6 is 0 Å². The first-order chi connectivity index (χ1) is 31.2. The van der Waals surface area contributed by atoms with Gasteiger partial charge in [-0.05, 0) is 127 Å². The van der Waals surface area contributed by atoms with Crippen molar-refractivity contribution in [3.05, 3.63) is 222 Å². The smallest absolute Gasteiger partial charge is 0.164 e. The van der Waals surface area contributed by atoms with E-state index in [9.17, 15) is 0 Å². The molecule has 0 atom stereocenters. The zero-order chi connectivity index (χ0) is 41.0. The third-order valence-electron chi connectivity index (χ3n) is 14.4. The average Bonchev–Trinajstić information content (AvgIpc) is 3.82. The van der Waals surface area contributed by atoms with E-state index in [0.717, 1.165) is 27.5 Å². The molecule has 0 aliphatic heterocycles. The predicted octanol–water partition coefficient (Wildman–Crippen LogP) is 15.0. The molecule has 288 valence electrons. The van der Waals surface area contributed by atoms with Crippen LogP contribution in [0.5, 0.6) is 0 Å². The molecule has 13 aromatic rings. The van der Waals surface area contributed by atoms with Gasteiger partial charge in [0.15, 0.2) is 17.5 Å². The first-order valence-corrected chi connectivity index (χ1v) is 21.8. The molecule has 0 unspecified atom stereocenters. The average molecular weight is 796 g/mol. The molecular weight excluding hydrogens is 763 g/mol. The second kappa shape index (κ2) is 12.0. The number of hydrogen-bond acceptors (Lipinski definition) is 3. The summed E-state index contributed by atoms with van der Waals surface area (Å²) < 4.78 is 0. The predicted molar refractivity (Wildman–Crippen MR) is 260 cm³/mol. The molecule has 0 saturated heterocycles. The highest BCUT2D eigenvalue weighted by atomic mass is 15.0. The summed E-state index contributed by atoms with van der Waals surface area (Å²) >= 11 is 0. The van der Waals surface area contributed by atoms with E-state index in [-0.39, 0.29) is 0 Å². The zero-order valence-electron chi connectivity index (χ0n) is 33.9. The number of hydrogen-bond donors (Lipinski definition) is 0. The van der Waals surface area contributed by atoms with Gasteiger partial charge in [0, 0.05) is 16.7 Å². The van der Waals surface area contributed by atoms with Crippen molar-refractivity contribution in [2.45, 2.75) is 5.41 Å². The highest BCUT2D eigenvalue weighted by Crippen LogP contribution is 2.63. The lowest BCUT2D eigenvalue weighted by Crippen LogP contribution is -2.25. The van der Waals surface area contributed by atoms with Crippen LogP contribution < -0.4 is 0 Å². The van der Waals surface area contributed by atoms with Gasteiger partial charge in [0.25, 0.3) is 0 Å². The largest absolute Gasteiger partial charge is 0.208 e. The van der Waals surface area contributed by atoms with Crippen LogP contribution in [0.1, 0.15) is 22.3 Å². The van der Waals surface area contributed by atoms with Gasteiger partial charge in [0.05, 0.1) is 5.41 Å². The summed E-state index contributed by atoms with van der Waals surface area (Å²) in [4.78, 5) is 16.5. The Labute approximate surface area is 362 Å². The fourth-order valence-electron chi connectivity index (χ4n) is 11.8. The minimum absolute atomic E-state index is 0.480. The summed E-state index contributed by atoms with van der Waals surface area (Å²) in [7, 11) is 0. The third-order valence-corrected chi connectivity index (χ3v) is 14.4. The highest BCUT2D eigenvalue weighted by molar-refractivity contribution is 6.26. The maximum Gasteiger partial charge on any atom is 0.164 e. The maximum atomic E-state index is 5.50. The van der Waals surface area contributed by atoms with Gasteiger partial charge in [-0.1, -0.05) is 182 Å². The molecular formula is C60H33N3. The quantitative estimate of drug-likeness (QED) is 0.167. The Kier molecular flexibility index (Phi) is 6.35. The second-order valence-corrected chi connectivity index (χ2v) is 17.4. The fourth-order valence-corrected chi connectivity index (χ4v) is 11.8. The van der Waals surface area contributed by atoms with Crippen molar-refractivity contribution >= 4 is 64.6 Å². The molecule has 15 rings (SSSR count). The van der Waals surface area contributed by atoms with Gasteiger partial charge in [-0.2, -0.15) is 0 Å². The van der Waals surface area contributed by atoms with E-state index in [1.807, 2.05) is 0 Å². The number of nitrogens with zero attached hydrogens (tertiary/aromatic N) is 3. The first-order valence-electron chi connectivity index (χ1n) is 21.8. The topological polar surface area (TPSA) is 38.7 Å². The van der Waals surface area contributed by atoms with E-state index in [1.54, 1.807) is 0 Å². The molecule has 0 saturated carbocycles. The molecule has 0 N–H and O–H groups in total. The van der Waals surface area contributed by atoms with Gasteiger partial charge in [0.1, 0.15) is 0 Å². The van der Waals surface area contributed by atoms with Crippen LogP contribution in [-0.2, 0) is 5.41 Å². The van der Waals surface area contributed by atoms with Crippen molar-refractivity contribution in [2.24, 2.45) is 0 Å². The Bertz CT molecular complexity index is 3840. The molecule has 3 nitrogen and oxygen atoms in total. The Morgan fingerprint density at radius 2 is 0.619 bits per heavy atom. The Morgan fingerprint density at radius 1 is 0.254 bits per heavy atom. The number of benzene rings is 12. The van der Waals surface area contributed by atoms with Gasteiger partial charge in [-0.25, -0.2) is 15.0 Å². The van der Waals surface area contributed by atoms with Crippen molar-refractivity contribution in [3.8, 4) is 56.4 Å². The van der Waals surface area contributed by atoms with Gasteiger partial charge in [0.2, 0.25) is 0 Å². The lowest BCUT2D eigenvalue weighted by molar-refractivity contribution is 0.794. The molecule has 63 heavy (non-hydrogen) atoms. The van der Waals surface area contributed by atoms with Crippen molar-refractivity contribution < 1.29 is 0 Å². The van der Waals surface area contributed by atoms with Gasteiger partial charge in [-0.15, -0.1) is 0 Å². The molecule has 2 aliphatic carbocycles. The highest BCUT2D eigenvalue weighted by Gasteiger charge is 2.51. The number of aromatic nitrogens is 3. The molecule has 0 amide bonds. The molecule has 2 aliphatic rings. The van der Waals surface area contributed by atoms with Crippen LogP contribution in [0.4, 0.5) is 0 Å². The van der Waals surface area contributed by atoms with Gasteiger partial charge in [-0.3, -0.25) is 0 Å². The first kappa shape index (κ1) is 33.4.